The average Bonchev–Trinajstić information content (AvgIpc) is 2.77. The van der Waals surface area contributed by atoms with E-state index >= 15 is 0 Å². The molecule has 0 aromatic carbocycles. The van der Waals surface area contributed by atoms with Crippen LogP contribution in [0.4, 0.5) is 11.5 Å². The fraction of sp³-hybridized carbons (Fsp3) is 0.500. The van der Waals surface area contributed by atoms with Crippen molar-refractivity contribution >= 4 is 17.4 Å². The number of pyridine rings is 1. The summed E-state index contributed by atoms with van der Waals surface area (Å²) in [7, 11) is 3.79. The van der Waals surface area contributed by atoms with E-state index in [-0.39, 0.29) is 11.8 Å². The summed E-state index contributed by atoms with van der Waals surface area (Å²) in [6, 6.07) is 3.70. The summed E-state index contributed by atoms with van der Waals surface area (Å²) in [5.41, 5.74) is 9.14. The predicted octanol–water partition coefficient (Wildman–Crippen LogP) is 1.81. The Labute approximate surface area is 111 Å². The largest absolute Gasteiger partial charge is 0.361 e. The van der Waals surface area contributed by atoms with Crippen molar-refractivity contribution in [2.24, 2.45) is 11.0 Å². The molecule has 2 rings (SSSR count). The van der Waals surface area contributed by atoms with Crippen LogP contribution in [0.25, 0.3) is 10.4 Å². The predicted molar refractivity (Wildman–Crippen MR) is 73.0 cm³/mol. The molecule has 0 aliphatic carbocycles. The van der Waals surface area contributed by atoms with E-state index in [4.69, 9.17) is 5.53 Å². The molecule has 1 aromatic heterocycles. The van der Waals surface area contributed by atoms with Gasteiger partial charge in [-0.25, -0.2) is 4.98 Å². The molecule has 0 saturated carbocycles. The number of azide groups is 1. The van der Waals surface area contributed by atoms with Crippen LogP contribution in [0.5, 0.6) is 0 Å². The first-order valence-corrected chi connectivity index (χ1v) is 6.07. The van der Waals surface area contributed by atoms with E-state index < -0.39 is 0 Å². The Balaban J connectivity index is 2.23. The molecule has 1 aliphatic rings. The Bertz CT molecular complexity index is 523. The smallest absolute Gasteiger partial charge is 0.227 e. The van der Waals surface area contributed by atoms with Gasteiger partial charge in [-0.1, -0.05) is 5.11 Å². The molecular formula is C12H16N6O. The van der Waals surface area contributed by atoms with Crippen LogP contribution < -0.4 is 9.80 Å². The zero-order valence-corrected chi connectivity index (χ0v) is 11.0. The van der Waals surface area contributed by atoms with Gasteiger partial charge in [-0.15, -0.1) is 0 Å². The summed E-state index contributed by atoms with van der Waals surface area (Å²) in [4.78, 5) is 22.7. The zero-order valence-electron chi connectivity index (χ0n) is 11.0. The van der Waals surface area contributed by atoms with Crippen LogP contribution in [-0.4, -0.2) is 38.1 Å². The van der Waals surface area contributed by atoms with Crippen LogP contribution in [-0.2, 0) is 4.79 Å². The summed E-state index contributed by atoms with van der Waals surface area (Å²) in [6.45, 7) is 0.931. The summed E-state index contributed by atoms with van der Waals surface area (Å²) >= 11 is 0. The number of anilines is 2. The van der Waals surface area contributed by atoms with Gasteiger partial charge in [0.2, 0.25) is 5.91 Å². The molecule has 0 radical (unpaired) electrons. The molecule has 0 N–H and O–H groups in total. The van der Waals surface area contributed by atoms with Gasteiger partial charge < -0.3 is 9.80 Å². The quantitative estimate of drug-likeness (QED) is 0.470. The molecular weight excluding hydrogens is 244 g/mol. The lowest BCUT2D eigenvalue weighted by atomic mass is 10.1. The van der Waals surface area contributed by atoms with Gasteiger partial charge in [0.15, 0.2) is 5.82 Å². The fourth-order valence-corrected chi connectivity index (χ4v) is 2.23. The number of amides is 1. The Morgan fingerprint density at radius 1 is 1.63 bits per heavy atom. The van der Waals surface area contributed by atoms with Gasteiger partial charge >= 0.3 is 0 Å². The summed E-state index contributed by atoms with van der Waals surface area (Å²) in [5.74, 6) is 0.896. The van der Waals surface area contributed by atoms with Gasteiger partial charge in [-0.3, -0.25) is 4.79 Å². The summed E-state index contributed by atoms with van der Waals surface area (Å²) < 4.78 is 0. The van der Waals surface area contributed by atoms with Crippen LogP contribution in [0.1, 0.15) is 6.42 Å². The molecule has 1 aliphatic heterocycles. The standard InChI is InChI=1S/C12H16N6O/c1-17(2)12-10(4-3-5-14-12)18-8-9(6-11(18)19)7-15-16-13/h3-5,9H,6-8H2,1-2H3. The topological polar surface area (TPSA) is 85.2 Å². The van der Waals surface area contributed by atoms with E-state index in [1.807, 2.05) is 31.1 Å². The normalized spacial score (nSPS) is 18.3. The summed E-state index contributed by atoms with van der Waals surface area (Å²) in [5, 5.41) is 3.55. The highest BCUT2D eigenvalue weighted by atomic mass is 16.2. The lowest BCUT2D eigenvalue weighted by Gasteiger charge is -2.22. The maximum absolute atomic E-state index is 12.1. The number of nitrogens with zero attached hydrogens (tertiary/aromatic N) is 6. The Morgan fingerprint density at radius 3 is 3.11 bits per heavy atom. The van der Waals surface area contributed by atoms with Crippen LogP contribution in [0.2, 0.25) is 0 Å². The molecule has 7 nitrogen and oxygen atoms in total. The van der Waals surface area contributed by atoms with E-state index in [0.29, 0.717) is 19.5 Å². The monoisotopic (exact) mass is 260 g/mol. The van der Waals surface area contributed by atoms with E-state index in [9.17, 15) is 4.79 Å². The van der Waals surface area contributed by atoms with Crippen molar-refractivity contribution in [3.05, 3.63) is 28.8 Å². The highest BCUT2D eigenvalue weighted by molar-refractivity contribution is 5.98. The summed E-state index contributed by atoms with van der Waals surface area (Å²) in [6.07, 6.45) is 2.12. The first-order chi connectivity index (χ1) is 9.13. The van der Waals surface area contributed by atoms with Crippen molar-refractivity contribution in [3.8, 4) is 0 Å². The highest BCUT2D eigenvalue weighted by Gasteiger charge is 2.31. The minimum Gasteiger partial charge on any atom is -0.361 e. The molecule has 0 bridgehead atoms. The minimum atomic E-state index is 0.0502. The number of carbonyl (C=O) groups excluding carboxylic acids is 1. The van der Waals surface area contributed by atoms with Crippen molar-refractivity contribution < 1.29 is 4.79 Å². The van der Waals surface area contributed by atoms with Crippen molar-refractivity contribution in [1.29, 1.82) is 0 Å². The first kappa shape index (κ1) is 13.2. The van der Waals surface area contributed by atoms with Gasteiger partial charge in [0, 0.05) is 44.7 Å². The Hall–Kier alpha value is -2.27. The molecule has 1 saturated heterocycles. The van der Waals surface area contributed by atoms with Crippen molar-refractivity contribution in [2.75, 3.05) is 37.0 Å². The van der Waals surface area contributed by atoms with Crippen molar-refractivity contribution in [3.63, 3.8) is 0 Å². The second-order valence-electron chi connectivity index (χ2n) is 4.73. The third-order valence-electron chi connectivity index (χ3n) is 3.09. The van der Waals surface area contributed by atoms with Gasteiger partial charge in [0.1, 0.15) is 0 Å². The maximum atomic E-state index is 12.1. The maximum Gasteiger partial charge on any atom is 0.227 e. The fourth-order valence-electron chi connectivity index (χ4n) is 2.23. The van der Waals surface area contributed by atoms with E-state index in [2.05, 4.69) is 15.0 Å². The molecule has 100 valence electrons. The lowest BCUT2D eigenvalue weighted by Crippen LogP contribution is -2.27. The van der Waals surface area contributed by atoms with Crippen LogP contribution >= 0.6 is 0 Å². The number of rotatable bonds is 4. The molecule has 1 atom stereocenters. The number of hydrogen-bond donors (Lipinski definition) is 0. The van der Waals surface area contributed by atoms with Crippen molar-refractivity contribution in [1.82, 2.24) is 4.98 Å². The molecule has 1 amide bonds. The SMILES string of the molecule is CN(C)c1ncccc1N1CC(CN=[N+]=[N-])CC1=O. The lowest BCUT2D eigenvalue weighted by molar-refractivity contribution is -0.117. The van der Waals surface area contributed by atoms with Crippen LogP contribution in [0.3, 0.4) is 0 Å². The molecule has 7 heteroatoms. The first-order valence-electron chi connectivity index (χ1n) is 6.07. The van der Waals surface area contributed by atoms with Crippen LogP contribution in [0.15, 0.2) is 23.4 Å². The molecule has 0 spiro atoms. The minimum absolute atomic E-state index is 0.0502. The number of aromatic nitrogens is 1. The highest BCUT2D eigenvalue weighted by Crippen LogP contribution is 2.31. The molecule has 19 heavy (non-hydrogen) atoms. The number of hydrogen-bond acceptors (Lipinski definition) is 4. The second kappa shape index (κ2) is 5.58. The van der Waals surface area contributed by atoms with Crippen molar-refractivity contribution in [2.45, 2.75) is 6.42 Å². The Morgan fingerprint density at radius 2 is 2.42 bits per heavy atom. The van der Waals surface area contributed by atoms with E-state index in [1.54, 1.807) is 11.1 Å². The molecule has 1 fully saturated rings. The average molecular weight is 260 g/mol. The zero-order chi connectivity index (χ0) is 13.8. The Kier molecular flexibility index (Phi) is 3.87. The second-order valence-corrected chi connectivity index (χ2v) is 4.73. The molecule has 1 aromatic rings. The van der Waals surface area contributed by atoms with E-state index in [1.165, 1.54) is 0 Å². The van der Waals surface area contributed by atoms with Gasteiger partial charge in [-0.05, 0) is 23.6 Å². The van der Waals surface area contributed by atoms with Gasteiger partial charge in [-0.2, -0.15) is 0 Å². The number of carbonyl (C=O) groups is 1. The third kappa shape index (κ3) is 2.77. The third-order valence-corrected chi connectivity index (χ3v) is 3.09. The van der Waals surface area contributed by atoms with Gasteiger partial charge in [0.05, 0.1) is 5.69 Å². The molecule has 1 unspecified atom stereocenters. The van der Waals surface area contributed by atoms with E-state index in [0.717, 1.165) is 11.5 Å². The molecule has 2 heterocycles. The van der Waals surface area contributed by atoms with Crippen LogP contribution in [0, 0.1) is 5.92 Å². The van der Waals surface area contributed by atoms with Gasteiger partial charge in [0.25, 0.3) is 0 Å².